The minimum absolute atomic E-state index is 0.00558. The second-order valence-corrected chi connectivity index (χ2v) is 6.68. The first-order valence-electron chi connectivity index (χ1n) is 7.40. The van der Waals surface area contributed by atoms with Crippen molar-refractivity contribution in [1.82, 2.24) is 4.90 Å². The number of rotatable bonds is 3. The second kappa shape index (κ2) is 6.38. The highest BCUT2D eigenvalue weighted by Crippen LogP contribution is 2.29. The largest absolute Gasteiger partial charge is 0.389 e. The average Bonchev–Trinajstić information content (AvgIpc) is 2.52. The number of hydrogen-bond donors (Lipinski definition) is 2. The van der Waals surface area contributed by atoms with Gasteiger partial charge in [-0.25, -0.2) is 8.78 Å². The highest BCUT2D eigenvalue weighted by atomic mass is 19.2. The minimum Gasteiger partial charge on any atom is -0.389 e. The summed E-state index contributed by atoms with van der Waals surface area (Å²) in [6.07, 6.45) is 1.49. The smallest absolute Gasteiger partial charge is 0.162 e. The molecule has 1 heterocycles. The van der Waals surface area contributed by atoms with E-state index in [1.807, 2.05) is 4.90 Å². The molecule has 0 aliphatic carbocycles. The van der Waals surface area contributed by atoms with Gasteiger partial charge < -0.3 is 10.8 Å². The Balaban J connectivity index is 2.21. The zero-order valence-electron chi connectivity index (χ0n) is 12.6. The van der Waals surface area contributed by atoms with Crippen LogP contribution >= 0.6 is 0 Å². The van der Waals surface area contributed by atoms with E-state index in [2.05, 4.69) is 0 Å². The van der Waals surface area contributed by atoms with E-state index < -0.39 is 17.2 Å². The number of aliphatic hydroxyl groups is 1. The third-order valence-electron chi connectivity index (χ3n) is 3.89. The first-order valence-corrected chi connectivity index (χ1v) is 7.40. The number of β-amino-alcohol motifs (C(OH)–C–C–N with tert-alkyl or cyclic N) is 1. The molecule has 21 heavy (non-hydrogen) atoms. The molecule has 3 nitrogen and oxygen atoms in total. The highest BCUT2D eigenvalue weighted by Gasteiger charge is 2.28. The molecule has 0 radical (unpaired) electrons. The Morgan fingerprint density at radius 3 is 2.67 bits per heavy atom. The van der Waals surface area contributed by atoms with E-state index in [1.165, 1.54) is 0 Å². The van der Waals surface area contributed by atoms with Crippen molar-refractivity contribution < 1.29 is 13.9 Å². The molecule has 0 unspecified atom stereocenters. The van der Waals surface area contributed by atoms with Gasteiger partial charge in [0.05, 0.1) is 5.60 Å². The number of likely N-dealkylation sites (tertiary alicyclic amines) is 1. The molecular weight excluding hydrogens is 274 g/mol. The third-order valence-corrected chi connectivity index (χ3v) is 3.89. The molecule has 1 saturated heterocycles. The summed E-state index contributed by atoms with van der Waals surface area (Å²) in [4.78, 5) is 2.05. The van der Waals surface area contributed by atoms with E-state index in [-0.39, 0.29) is 12.0 Å². The van der Waals surface area contributed by atoms with Gasteiger partial charge in [-0.15, -0.1) is 0 Å². The Morgan fingerprint density at radius 1 is 1.29 bits per heavy atom. The summed E-state index contributed by atoms with van der Waals surface area (Å²) < 4.78 is 27.4. The van der Waals surface area contributed by atoms with Crippen molar-refractivity contribution in [2.75, 3.05) is 19.6 Å². The van der Waals surface area contributed by atoms with Crippen LogP contribution in [0.2, 0.25) is 0 Å². The Bertz CT molecular complexity index is 488. The second-order valence-electron chi connectivity index (χ2n) is 6.68. The van der Waals surface area contributed by atoms with E-state index in [4.69, 9.17) is 5.73 Å². The minimum atomic E-state index is -0.838. The molecule has 5 heteroatoms. The van der Waals surface area contributed by atoms with E-state index in [0.29, 0.717) is 25.2 Å². The maximum Gasteiger partial charge on any atom is 0.162 e. The summed E-state index contributed by atoms with van der Waals surface area (Å²) in [7, 11) is 0. The van der Waals surface area contributed by atoms with E-state index in [9.17, 15) is 13.9 Å². The van der Waals surface area contributed by atoms with Crippen molar-refractivity contribution in [3.8, 4) is 0 Å². The maximum atomic E-state index is 14.0. The predicted octanol–water partition coefficient (Wildman–Crippen LogP) is 2.24. The summed E-state index contributed by atoms with van der Waals surface area (Å²) in [5, 5.41) is 9.99. The molecule has 0 amide bonds. The van der Waals surface area contributed by atoms with Gasteiger partial charge in [0.1, 0.15) is 0 Å². The molecule has 1 aliphatic rings. The monoisotopic (exact) mass is 298 g/mol. The highest BCUT2D eigenvalue weighted by molar-refractivity contribution is 5.23. The average molecular weight is 298 g/mol. The number of nitrogens with zero attached hydrogens (tertiary/aromatic N) is 1. The van der Waals surface area contributed by atoms with Crippen LogP contribution in [0.1, 0.15) is 38.2 Å². The number of halogens is 2. The molecule has 3 N–H and O–H groups in total. The summed E-state index contributed by atoms with van der Waals surface area (Å²) >= 11 is 0. The van der Waals surface area contributed by atoms with Crippen molar-refractivity contribution >= 4 is 0 Å². The number of nitrogens with two attached hydrogens (primary N) is 1. The first kappa shape index (κ1) is 16.3. The van der Waals surface area contributed by atoms with Gasteiger partial charge in [-0.05, 0) is 44.2 Å². The van der Waals surface area contributed by atoms with Crippen molar-refractivity contribution in [3.05, 3.63) is 35.4 Å². The molecular formula is C16H24F2N2O. The number of benzene rings is 1. The lowest BCUT2D eigenvalue weighted by atomic mass is 9.93. The molecule has 0 spiro atoms. The molecule has 118 valence electrons. The van der Waals surface area contributed by atoms with Gasteiger partial charge in [0.15, 0.2) is 11.6 Å². The van der Waals surface area contributed by atoms with Crippen molar-refractivity contribution in [1.29, 1.82) is 0 Å². The van der Waals surface area contributed by atoms with Crippen molar-refractivity contribution in [3.63, 3.8) is 0 Å². The fraction of sp³-hybridized carbons (Fsp3) is 0.625. The van der Waals surface area contributed by atoms with E-state index >= 15 is 0 Å². The van der Waals surface area contributed by atoms with Gasteiger partial charge in [-0.1, -0.05) is 12.1 Å². The Labute approximate surface area is 124 Å². The molecule has 1 fully saturated rings. The SMILES string of the molecule is CC(C)(O)CN1C[C@H](N)CC[C@@H](c2cccc(F)c2F)C1. The summed E-state index contributed by atoms with van der Waals surface area (Å²) in [6.45, 7) is 5.19. The van der Waals surface area contributed by atoms with Gasteiger partial charge in [-0.3, -0.25) is 4.90 Å². The van der Waals surface area contributed by atoms with Crippen LogP contribution in [-0.4, -0.2) is 41.3 Å². The fourth-order valence-corrected chi connectivity index (χ4v) is 3.08. The zero-order chi connectivity index (χ0) is 15.6. The van der Waals surface area contributed by atoms with Crippen LogP contribution in [0.25, 0.3) is 0 Å². The lowest BCUT2D eigenvalue weighted by Crippen LogP contribution is -2.44. The van der Waals surface area contributed by atoms with Gasteiger partial charge in [0, 0.05) is 25.7 Å². The number of hydrogen-bond acceptors (Lipinski definition) is 3. The molecule has 2 atom stereocenters. The van der Waals surface area contributed by atoms with Crippen LogP contribution in [0.5, 0.6) is 0 Å². The van der Waals surface area contributed by atoms with Gasteiger partial charge in [-0.2, -0.15) is 0 Å². The van der Waals surface area contributed by atoms with Crippen LogP contribution in [0.4, 0.5) is 8.78 Å². The molecule has 1 aromatic rings. The molecule has 1 aliphatic heterocycles. The Kier molecular flexibility index (Phi) is 4.96. The summed E-state index contributed by atoms with van der Waals surface area (Å²) in [5.41, 5.74) is 5.63. The lowest BCUT2D eigenvalue weighted by molar-refractivity contribution is 0.0348. The fourth-order valence-electron chi connectivity index (χ4n) is 3.08. The van der Waals surface area contributed by atoms with Crippen molar-refractivity contribution in [2.45, 2.75) is 44.2 Å². The van der Waals surface area contributed by atoms with Gasteiger partial charge in [0.2, 0.25) is 0 Å². The quantitative estimate of drug-likeness (QED) is 0.900. The topological polar surface area (TPSA) is 49.5 Å². The van der Waals surface area contributed by atoms with Crippen LogP contribution in [0.15, 0.2) is 18.2 Å². The van der Waals surface area contributed by atoms with Crippen molar-refractivity contribution in [2.24, 2.45) is 5.73 Å². The molecule has 2 rings (SSSR count). The van der Waals surface area contributed by atoms with E-state index in [0.717, 1.165) is 18.9 Å². The van der Waals surface area contributed by atoms with Crippen LogP contribution in [0.3, 0.4) is 0 Å². The molecule has 1 aromatic carbocycles. The zero-order valence-corrected chi connectivity index (χ0v) is 12.6. The van der Waals surface area contributed by atoms with Gasteiger partial charge >= 0.3 is 0 Å². The van der Waals surface area contributed by atoms with Gasteiger partial charge in [0.25, 0.3) is 0 Å². The van der Waals surface area contributed by atoms with Crippen LogP contribution in [0, 0.1) is 11.6 Å². The van der Waals surface area contributed by atoms with Crippen LogP contribution in [-0.2, 0) is 0 Å². The lowest BCUT2D eigenvalue weighted by Gasteiger charge is -2.31. The first-order chi connectivity index (χ1) is 9.76. The predicted molar refractivity (Wildman–Crippen MR) is 79.0 cm³/mol. The molecule has 0 saturated carbocycles. The molecule has 0 bridgehead atoms. The van der Waals surface area contributed by atoms with E-state index in [1.54, 1.807) is 26.0 Å². The maximum absolute atomic E-state index is 14.0. The normalized spacial score (nSPS) is 24.9. The third kappa shape index (κ3) is 4.46. The Morgan fingerprint density at radius 2 is 2.00 bits per heavy atom. The summed E-state index contributed by atoms with van der Waals surface area (Å²) in [5.74, 6) is -1.67. The standard InChI is InChI=1S/C16H24F2N2O/c1-16(2,21)10-20-8-11(6-7-12(19)9-20)13-4-3-5-14(17)15(13)18/h3-5,11-12,21H,6-10,19H2,1-2H3/t11-,12-/m1/s1. The summed E-state index contributed by atoms with van der Waals surface area (Å²) in [6, 6.07) is 4.31. The Hall–Kier alpha value is -1.04. The van der Waals surface area contributed by atoms with Crippen LogP contribution < -0.4 is 5.73 Å². The molecule has 0 aromatic heterocycles.